The van der Waals surface area contributed by atoms with Crippen molar-refractivity contribution in [3.05, 3.63) is 29.8 Å². The average molecular weight is 276 g/mol. The minimum absolute atomic E-state index is 0.110. The molecule has 0 saturated carbocycles. The van der Waals surface area contributed by atoms with Crippen molar-refractivity contribution in [1.29, 1.82) is 0 Å². The lowest BCUT2D eigenvalue weighted by Gasteiger charge is -2.34. The van der Waals surface area contributed by atoms with Crippen molar-refractivity contribution in [1.82, 2.24) is 5.32 Å². The van der Waals surface area contributed by atoms with Crippen molar-refractivity contribution in [2.24, 2.45) is 0 Å². The number of nitrogen functional groups attached to an aromatic ring is 1. The van der Waals surface area contributed by atoms with Gasteiger partial charge in [0.1, 0.15) is 0 Å². The number of nitrogens with one attached hydrogen (secondary N) is 1. The van der Waals surface area contributed by atoms with Crippen LogP contribution in [0.4, 0.5) is 5.69 Å². The highest BCUT2D eigenvalue weighted by molar-refractivity contribution is 5.77. The molecule has 1 saturated heterocycles. The molecule has 3 N–H and O–H groups in total. The fourth-order valence-corrected chi connectivity index (χ4v) is 2.56. The van der Waals surface area contributed by atoms with Gasteiger partial charge >= 0.3 is 0 Å². The van der Waals surface area contributed by atoms with Crippen molar-refractivity contribution in [2.75, 3.05) is 18.9 Å². The quantitative estimate of drug-likeness (QED) is 0.830. The number of hydrogen-bond acceptors (Lipinski definition) is 3. The van der Waals surface area contributed by atoms with Crippen molar-refractivity contribution < 1.29 is 9.53 Å². The highest BCUT2D eigenvalue weighted by Crippen LogP contribution is 2.23. The molecule has 1 fully saturated rings. The van der Waals surface area contributed by atoms with E-state index in [-0.39, 0.29) is 17.4 Å². The van der Waals surface area contributed by atoms with E-state index in [0.717, 1.165) is 37.3 Å². The van der Waals surface area contributed by atoms with Crippen LogP contribution in [0, 0.1) is 0 Å². The summed E-state index contributed by atoms with van der Waals surface area (Å²) in [6, 6.07) is 7.74. The second-order valence-corrected chi connectivity index (χ2v) is 5.99. The minimum Gasteiger partial charge on any atom is -0.399 e. The molecule has 2 rings (SSSR count). The Morgan fingerprint density at radius 3 is 2.55 bits per heavy atom. The van der Waals surface area contributed by atoms with Gasteiger partial charge in [-0.3, -0.25) is 4.79 Å². The van der Waals surface area contributed by atoms with E-state index in [0.29, 0.717) is 6.42 Å². The summed E-state index contributed by atoms with van der Waals surface area (Å²) in [6.45, 7) is 5.62. The van der Waals surface area contributed by atoms with Crippen molar-refractivity contribution in [2.45, 2.75) is 44.6 Å². The molecule has 1 amide bonds. The molecule has 0 radical (unpaired) electrons. The van der Waals surface area contributed by atoms with Crippen molar-refractivity contribution in [3.63, 3.8) is 0 Å². The summed E-state index contributed by atoms with van der Waals surface area (Å²) in [5, 5.41) is 3.16. The molecule has 1 aliphatic rings. The highest BCUT2D eigenvalue weighted by Gasteiger charge is 2.29. The van der Waals surface area contributed by atoms with E-state index in [2.05, 4.69) is 19.2 Å². The summed E-state index contributed by atoms with van der Waals surface area (Å²) in [5.74, 6) is 0.303. The van der Waals surface area contributed by atoms with Gasteiger partial charge in [0, 0.05) is 30.9 Å². The molecule has 1 atom stereocenters. The standard InChI is InChI=1S/C16H24N2O2/c1-12(13-3-5-14(17)6-4-13)11-15(19)18-16(2)7-9-20-10-8-16/h3-6,12H,7-11,17H2,1-2H3,(H,18,19). The molecule has 20 heavy (non-hydrogen) atoms. The van der Waals surface area contributed by atoms with Gasteiger partial charge in [-0.05, 0) is 43.4 Å². The van der Waals surface area contributed by atoms with E-state index >= 15 is 0 Å². The maximum absolute atomic E-state index is 12.2. The lowest BCUT2D eigenvalue weighted by atomic mass is 9.91. The van der Waals surface area contributed by atoms with Crippen LogP contribution >= 0.6 is 0 Å². The molecule has 4 heteroatoms. The number of carbonyl (C=O) groups is 1. The number of ether oxygens (including phenoxy) is 1. The fraction of sp³-hybridized carbons (Fsp3) is 0.562. The Bertz CT molecular complexity index is 450. The second-order valence-electron chi connectivity index (χ2n) is 5.99. The van der Waals surface area contributed by atoms with E-state index in [1.807, 2.05) is 24.3 Å². The summed E-state index contributed by atoms with van der Waals surface area (Å²) in [6.07, 6.45) is 2.27. The van der Waals surface area contributed by atoms with Crippen molar-refractivity contribution >= 4 is 11.6 Å². The molecular weight excluding hydrogens is 252 g/mol. The van der Waals surface area contributed by atoms with E-state index < -0.39 is 0 Å². The Kier molecular flexibility index (Phi) is 4.65. The predicted octanol–water partition coefficient (Wildman–Crippen LogP) is 2.45. The number of amides is 1. The van der Waals surface area contributed by atoms with Crippen molar-refractivity contribution in [3.8, 4) is 0 Å². The molecule has 1 heterocycles. The Labute approximate surface area is 120 Å². The van der Waals surface area contributed by atoms with Gasteiger partial charge in [-0.2, -0.15) is 0 Å². The molecule has 110 valence electrons. The Hall–Kier alpha value is -1.55. The van der Waals surface area contributed by atoms with Crippen LogP contribution in [0.25, 0.3) is 0 Å². The first kappa shape index (κ1) is 14.9. The predicted molar refractivity (Wildman–Crippen MR) is 80.5 cm³/mol. The molecule has 4 nitrogen and oxygen atoms in total. The maximum atomic E-state index is 12.2. The fourth-order valence-electron chi connectivity index (χ4n) is 2.56. The van der Waals surface area contributed by atoms with Gasteiger partial charge in [0.25, 0.3) is 0 Å². The Morgan fingerprint density at radius 1 is 1.35 bits per heavy atom. The molecule has 0 bridgehead atoms. The zero-order chi connectivity index (χ0) is 14.6. The smallest absolute Gasteiger partial charge is 0.221 e. The van der Waals surface area contributed by atoms with Gasteiger partial charge < -0.3 is 15.8 Å². The summed E-state index contributed by atoms with van der Waals surface area (Å²) in [5.41, 5.74) is 7.46. The summed E-state index contributed by atoms with van der Waals surface area (Å²) in [4.78, 5) is 12.2. The van der Waals surface area contributed by atoms with Crippen LogP contribution in [0.2, 0.25) is 0 Å². The third kappa shape index (κ3) is 3.97. The van der Waals surface area contributed by atoms with Gasteiger partial charge in [-0.1, -0.05) is 19.1 Å². The topological polar surface area (TPSA) is 64.3 Å². The highest BCUT2D eigenvalue weighted by atomic mass is 16.5. The molecular formula is C16H24N2O2. The molecule has 1 unspecified atom stereocenters. The van der Waals surface area contributed by atoms with Gasteiger partial charge in [-0.15, -0.1) is 0 Å². The first-order chi connectivity index (χ1) is 9.48. The normalized spacial score (nSPS) is 19.3. The zero-order valence-corrected chi connectivity index (χ0v) is 12.3. The summed E-state index contributed by atoms with van der Waals surface area (Å²) >= 11 is 0. The third-order valence-electron chi connectivity index (χ3n) is 4.03. The van der Waals surface area contributed by atoms with E-state index in [1.165, 1.54) is 0 Å². The van der Waals surface area contributed by atoms with Gasteiger partial charge in [0.05, 0.1) is 0 Å². The van der Waals surface area contributed by atoms with Crippen LogP contribution < -0.4 is 11.1 Å². The summed E-state index contributed by atoms with van der Waals surface area (Å²) < 4.78 is 5.34. The molecule has 1 aromatic rings. The van der Waals surface area contributed by atoms with Crippen LogP contribution in [0.5, 0.6) is 0 Å². The average Bonchev–Trinajstić information content (AvgIpc) is 2.39. The number of anilines is 1. The van der Waals surface area contributed by atoms with Crippen LogP contribution in [0.15, 0.2) is 24.3 Å². The zero-order valence-electron chi connectivity index (χ0n) is 12.3. The summed E-state index contributed by atoms with van der Waals surface area (Å²) in [7, 11) is 0. The molecule has 0 spiro atoms. The van der Waals surface area contributed by atoms with Gasteiger partial charge in [-0.25, -0.2) is 0 Å². The second kappa shape index (κ2) is 6.27. The van der Waals surface area contributed by atoms with Gasteiger partial charge in [0.2, 0.25) is 5.91 Å². The van der Waals surface area contributed by atoms with E-state index in [4.69, 9.17) is 10.5 Å². The maximum Gasteiger partial charge on any atom is 0.221 e. The molecule has 1 aliphatic heterocycles. The van der Waals surface area contributed by atoms with E-state index in [9.17, 15) is 4.79 Å². The number of rotatable bonds is 4. The SMILES string of the molecule is CC(CC(=O)NC1(C)CCOCC1)c1ccc(N)cc1. The molecule has 0 aliphatic carbocycles. The van der Waals surface area contributed by atoms with Gasteiger partial charge in [0.15, 0.2) is 0 Å². The largest absolute Gasteiger partial charge is 0.399 e. The minimum atomic E-state index is -0.115. The Balaban J connectivity index is 1.89. The first-order valence-electron chi connectivity index (χ1n) is 7.23. The first-order valence-corrected chi connectivity index (χ1v) is 7.23. The van der Waals surface area contributed by atoms with E-state index in [1.54, 1.807) is 0 Å². The Morgan fingerprint density at radius 2 is 1.95 bits per heavy atom. The lowest BCUT2D eigenvalue weighted by Crippen LogP contribution is -2.49. The number of hydrogen-bond donors (Lipinski definition) is 2. The number of nitrogens with two attached hydrogens (primary N) is 1. The molecule has 0 aromatic heterocycles. The molecule has 1 aromatic carbocycles. The lowest BCUT2D eigenvalue weighted by molar-refractivity contribution is -0.124. The van der Waals surface area contributed by atoms with Crippen LogP contribution in [0.1, 0.15) is 44.6 Å². The number of benzene rings is 1. The van der Waals surface area contributed by atoms with Crippen LogP contribution in [-0.4, -0.2) is 24.7 Å². The number of carbonyl (C=O) groups excluding carboxylic acids is 1. The monoisotopic (exact) mass is 276 g/mol. The third-order valence-corrected chi connectivity index (χ3v) is 4.03. The van der Waals surface area contributed by atoms with Crippen LogP contribution in [0.3, 0.4) is 0 Å². The van der Waals surface area contributed by atoms with Crippen LogP contribution in [-0.2, 0) is 9.53 Å².